The van der Waals surface area contributed by atoms with Crippen molar-refractivity contribution >= 4 is 23.5 Å². The van der Waals surface area contributed by atoms with Crippen LogP contribution < -0.4 is 11.1 Å². The SMILES string of the molecule is Nc1nc(Cl)nc(NC2(C(F)(F)F)CC2)n1. The van der Waals surface area contributed by atoms with Gasteiger partial charge in [-0.05, 0) is 24.4 Å². The zero-order valence-electron chi connectivity index (χ0n) is 7.85. The van der Waals surface area contributed by atoms with Gasteiger partial charge >= 0.3 is 6.18 Å². The number of nitrogen functional groups attached to an aromatic ring is 1. The maximum atomic E-state index is 12.6. The fraction of sp³-hybridized carbons (Fsp3) is 0.571. The van der Waals surface area contributed by atoms with E-state index in [1.165, 1.54) is 0 Å². The van der Waals surface area contributed by atoms with Crippen molar-refractivity contribution in [1.82, 2.24) is 15.0 Å². The third-order valence-electron chi connectivity index (χ3n) is 2.27. The zero-order valence-corrected chi connectivity index (χ0v) is 8.60. The Bertz CT molecular complexity index is 397. The first kappa shape index (κ1) is 11.2. The Balaban J connectivity index is 2.22. The average Bonchev–Trinajstić information content (AvgIpc) is 2.81. The highest BCUT2D eigenvalue weighted by Gasteiger charge is 2.64. The number of halogens is 4. The molecule has 0 atom stereocenters. The van der Waals surface area contributed by atoms with Crippen LogP contribution in [0.1, 0.15) is 12.8 Å². The zero-order chi connectivity index (χ0) is 12.0. The van der Waals surface area contributed by atoms with Crippen LogP contribution in [0.25, 0.3) is 0 Å². The Morgan fingerprint density at radius 2 is 1.88 bits per heavy atom. The van der Waals surface area contributed by atoms with E-state index >= 15 is 0 Å². The molecule has 1 heterocycles. The quantitative estimate of drug-likeness (QED) is 0.837. The average molecular weight is 254 g/mol. The summed E-state index contributed by atoms with van der Waals surface area (Å²) in [6, 6.07) is 0. The lowest BCUT2D eigenvalue weighted by Gasteiger charge is -2.20. The Hall–Kier alpha value is -1.31. The van der Waals surface area contributed by atoms with E-state index in [9.17, 15) is 13.2 Å². The third kappa shape index (κ3) is 1.97. The van der Waals surface area contributed by atoms with Crippen molar-refractivity contribution in [1.29, 1.82) is 0 Å². The summed E-state index contributed by atoms with van der Waals surface area (Å²) in [6.45, 7) is 0. The molecular formula is C7H7ClF3N5. The molecule has 2 rings (SSSR count). The van der Waals surface area contributed by atoms with Gasteiger partial charge in [-0.25, -0.2) is 0 Å². The lowest BCUT2D eigenvalue weighted by Crippen LogP contribution is -2.39. The summed E-state index contributed by atoms with van der Waals surface area (Å²) in [5.74, 6) is -0.479. The van der Waals surface area contributed by atoms with Crippen LogP contribution in [0.4, 0.5) is 25.1 Å². The van der Waals surface area contributed by atoms with Crippen molar-refractivity contribution in [3.8, 4) is 0 Å². The summed E-state index contributed by atoms with van der Waals surface area (Å²) in [6.07, 6.45) is -4.37. The second kappa shape index (κ2) is 3.34. The Morgan fingerprint density at radius 1 is 1.25 bits per heavy atom. The lowest BCUT2D eigenvalue weighted by molar-refractivity contribution is -0.151. The number of alkyl halides is 3. The van der Waals surface area contributed by atoms with Crippen molar-refractivity contribution in [2.45, 2.75) is 24.6 Å². The fourth-order valence-electron chi connectivity index (χ4n) is 1.24. The summed E-state index contributed by atoms with van der Waals surface area (Å²) in [4.78, 5) is 10.5. The predicted octanol–water partition coefficient (Wildman–Crippen LogP) is 1.61. The monoisotopic (exact) mass is 253 g/mol. The highest BCUT2D eigenvalue weighted by Crippen LogP contribution is 2.50. The van der Waals surface area contributed by atoms with E-state index in [0.29, 0.717) is 0 Å². The topological polar surface area (TPSA) is 76.7 Å². The molecular weight excluding hydrogens is 247 g/mol. The van der Waals surface area contributed by atoms with E-state index in [2.05, 4.69) is 20.3 Å². The first-order chi connectivity index (χ1) is 7.32. The van der Waals surface area contributed by atoms with E-state index < -0.39 is 11.7 Å². The van der Waals surface area contributed by atoms with Crippen LogP contribution in [-0.2, 0) is 0 Å². The van der Waals surface area contributed by atoms with Gasteiger partial charge in [0.2, 0.25) is 17.2 Å². The minimum Gasteiger partial charge on any atom is -0.368 e. The smallest absolute Gasteiger partial charge is 0.368 e. The number of nitrogens with zero attached hydrogens (tertiary/aromatic N) is 3. The molecule has 88 valence electrons. The van der Waals surface area contributed by atoms with Gasteiger partial charge < -0.3 is 11.1 Å². The second-order valence-corrected chi connectivity index (χ2v) is 3.83. The van der Waals surface area contributed by atoms with Gasteiger partial charge in [-0.3, -0.25) is 0 Å². The van der Waals surface area contributed by atoms with Gasteiger partial charge in [-0.15, -0.1) is 0 Å². The summed E-state index contributed by atoms with van der Waals surface area (Å²) < 4.78 is 37.8. The molecule has 1 saturated carbocycles. The molecule has 0 aliphatic heterocycles. The van der Waals surface area contributed by atoms with E-state index in [0.717, 1.165) is 0 Å². The molecule has 0 spiro atoms. The summed E-state index contributed by atoms with van der Waals surface area (Å²) in [5.41, 5.74) is 3.30. The molecule has 0 radical (unpaired) electrons. The molecule has 1 aromatic rings. The van der Waals surface area contributed by atoms with Gasteiger partial charge in [0.25, 0.3) is 0 Å². The second-order valence-electron chi connectivity index (χ2n) is 3.49. The van der Waals surface area contributed by atoms with Crippen LogP contribution in [0.5, 0.6) is 0 Å². The molecule has 0 unspecified atom stereocenters. The maximum Gasteiger partial charge on any atom is 0.411 e. The van der Waals surface area contributed by atoms with Crippen LogP contribution in [0.2, 0.25) is 5.28 Å². The van der Waals surface area contributed by atoms with Crippen LogP contribution in [0.3, 0.4) is 0 Å². The molecule has 0 saturated heterocycles. The highest BCUT2D eigenvalue weighted by atomic mass is 35.5. The van der Waals surface area contributed by atoms with Crippen LogP contribution in [0, 0.1) is 0 Å². The number of rotatable bonds is 2. The normalized spacial score (nSPS) is 18.2. The molecule has 1 aliphatic rings. The minimum absolute atomic E-state index is 0.0142. The maximum absolute atomic E-state index is 12.6. The predicted molar refractivity (Wildman–Crippen MR) is 50.9 cm³/mol. The lowest BCUT2D eigenvalue weighted by atomic mass is 10.3. The van der Waals surface area contributed by atoms with Gasteiger partial charge in [-0.1, -0.05) is 0 Å². The largest absolute Gasteiger partial charge is 0.411 e. The third-order valence-corrected chi connectivity index (χ3v) is 2.44. The summed E-state index contributed by atoms with van der Waals surface area (Å²) >= 11 is 5.45. The number of hydrogen-bond donors (Lipinski definition) is 2. The molecule has 16 heavy (non-hydrogen) atoms. The van der Waals surface area contributed by atoms with Crippen LogP contribution in [-0.4, -0.2) is 26.7 Å². The Labute approximate surface area is 93.2 Å². The fourth-order valence-corrected chi connectivity index (χ4v) is 1.41. The first-order valence-corrected chi connectivity index (χ1v) is 4.72. The number of nitrogens with two attached hydrogens (primary N) is 1. The summed E-state index contributed by atoms with van der Waals surface area (Å²) in [7, 11) is 0. The van der Waals surface area contributed by atoms with Gasteiger partial charge in [0.1, 0.15) is 5.54 Å². The van der Waals surface area contributed by atoms with E-state index in [1.54, 1.807) is 0 Å². The number of aromatic nitrogens is 3. The number of anilines is 2. The summed E-state index contributed by atoms with van der Waals surface area (Å²) in [5, 5.41) is 1.96. The van der Waals surface area contributed by atoms with Gasteiger partial charge in [0, 0.05) is 0 Å². The molecule has 0 bridgehead atoms. The van der Waals surface area contributed by atoms with Gasteiger partial charge in [0.15, 0.2) is 0 Å². The van der Waals surface area contributed by atoms with E-state index in [-0.39, 0.29) is 30.0 Å². The van der Waals surface area contributed by atoms with E-state index in [1.807, 2.05) is 0 Å². The van der Waals surface area contributed by atoms with Crippen LogP contribution >= 0.6 is 11.6 Å². The molecule has 1 aliphatic carbocycles. The van der Waals surface area contributed by atoms with Gasteiger partial charge in [0.05, 0.1) is 0 Å². The van der Waals surface area contributed by atoms with Crippen molar-refractivity contribution in [3.63, 3.8) is 0 Å². The van der Waals surface area contributed by atoms with Gasteiger partial charge in [-0.2, -0.15) is 28.1 Å². The first-order valence-electron chi connectivity index (χ1n) is 4.34. The standard InChI is InChI=1S/C7H7ClF3N5/c8-3-13-4(12)15-5(14-3)16-6(1-2-6)7(9,10)11/h1-2H2,(H3,12,13,14,15,16). The van der Waals surface area contributed by atoms with Crippen LogP contribution in [0.15, 0.2) is 0 Å². The molecule has 1 fully saturated rings. The molecule has 0 aromatic carbocycles. The van der Waals surface area contributed by atoms with E-state index in [4.69, 9.17) is 17.3 Å². The van der Waals surface area contributed by atoms with Crippen molar-refractivity contribution < 1.29 is 13.2 Å². The van der Waals surface area contributed by atoms with Crippen molar-refractivity contribution in [2.24, 2.45) is 0 Å². The molecule has 0 amide bonds. The highest BCUT2D eigenvalue weighted by molar-refractivity contribution is 6.28. The molecule has 9 heteroatoms. The molecule has 5 nitrogen and oxygen atoms in total. The number of nitrogens with one attached hydrogen (secondary N) is 1. The van der Waals surface area contributed by atoms with Crippen molar-refractivity contribution in [3.05, 3.63) is 5.28 Å². The Kier molecular flexibility index (Phi) is 2.33. The molecule has 3 N–H and O–H groups in total. The number of hydrogen-bond acceptors (Lipinski definition) is 5. The minimum atomic E-state index is -4.35. The Morgan fingerprint density at radius 3 is 2.31 bits per heavy atom. The van der Waals surface area contributed by atoms with Crippen molar-refractivity contribution in [2.75, 3.05) is 11.1 Å². The molecule has 1 aromatic heterocycles.